The van der Waals surface area contributed by atoms with E-state index in [0.29, 0.717) is 12.3 Å². The van der Waals surface area contributed by atoms with Gasteiger partial charge in [-0.05, 0) is 55.5 Å². The Morgan fingerprint density at radius 3 is 2.78 bits per heavy atom. The first-order valence-corrected chi connectivity index (χ1v) is 8.21. The summed E-state index contributed by atoms with van der Waals surface area (Å²) >= 11 is 0. The zero-order chi connectivity index (χ0) is 16.4. The van der Waals surface area contributed by atoms with Crippen LogP contribution in [0, 0.1) is 5.92 Å². The molecular weight excluding hydrogens is 292 g/mol. The molecule has 3 rings (SSSR count). The average molecular weight is 316 g/mol. The van der Waals surface area contributed by atoms with Crippen LogP contribution < -0.4 is 4.74 Å². The molecule has 0 spiro atoms. The largest absolute Gasteiger partial charge is 0.497 e. The van der Waals surface area contributed by atoms with Crippen molar-refractivity contribution in [2.75, 3.05) is 20.2 Å². The van der Waals surface area contributed by atoms with Gasteiger partial charge in [0.25, 0.3) is 5.91 Å². The van der Waals surface area contributed by atoms with Gasteiger partial charge in [0.05, 0.1) is 12.8 Å². The summed E-state index contributed by atoms with van der Waals surface area (Å²) in [5.41, 5.74) is 0.898. The summed E-state index contributed by atoms with van der Waals surface area (Å²) < 4.78 is 5.17. The van der Waals surface area contributed by atoms with Crippen LogP contribution >= 0.6 is 0 Å². The highest BCUT2D eigenvalue weighted by Gasteiger charge is 2.45. The van der Waals surface area contributed by atoms with E-state index in [9.17, 15) is 4.79 Å². The fourth-order valence-electron chi connectivity index (χ4n) is 3.30. The molecule has 1 aromatic carbocycles. The summed E-state index contributed by atoms with van der Waals surface area (Å²) in [7, 11) is 1.64. The van der Waals surface area contributed by atoms with Crippen molar-refractivity contribution >= 4 is 11.6 Å². The summed E-state index contributed by atoms with van der Waals surface area (Å²) in [6.45, 7) is 5.67. The minimum atomic E-state index is -0.883. The quantitative estimate of drug-likeness (QED) is 0.861. The second-order valence-corrected chi connectivity index (χ2v) is 6.76. The number of amides is 1. The topological polar surface area (TPSA) is 51.1 Å². The van der Waals surface area contributed by atoms with Crippen LogP contribution in [-0.4, -0.2) is 42.3 Å². The first kappa shape index (κ1) is 15.8. The lowest BCUT2D eigenvalue weighted by Crippen LogP contribution is -2.50. The molecule has 5 heteroatoms. The van der Waals surface area contributed by atoms with E-state index in [0.717, 1.165) is 36.5 Å². The van der Waals surface area contributed by atoms with Crippen LogP contribution in [0.15, 0.2) is 29.4 Å². The van der Waals surface area contributed by atoms with Crippen LogP contribution in [-0.2, 0) is 9.63 Å². The standard InChI is InChI=1S/C18H24N2O3/c1-13-5-4-10-20(12-13)17(21)18(2)11-16(19-23-18)14-6-8-15(22-3)9-7-14/h6-9,13H,4-5,10-12H2,1-3H3/t13-,18-/m1/s1. The Morgan fingerprint density at radius 2 is 2.13 bits per heavy atom. The van der Waals surface area contributed by atoms with Gasteiger partial charge in [-0.25, -0.2) is 0 Å². The van der Waals surface area contributed by atoms with Gasteiger partial charge in [0.1, 0.15) is 5.75 Å². The van der Waals surface area contributed by atoms with Gasteiger partial charge in [-0.1, -0.05) is 12.1 Å². The van der Waals surface area contributed by atoms with Gasteiger partial charge in [0, 0.05) is 19.5 Å². The molecule has 0 bridgehead atoms. The van der Waals surface area contributed by atoms with Gasteiger partial charge >= 0.3 is 0 Å². The molecule has 2 atom stereocenters. The molecule has 0 saturated carbocycles. The maximum Gasteiger partial charge on any atom is 0.269 e. The molecule has 23 heavy (non-hydrogen) atoms. The van der Waals surface area contributed by atoms with E-state index in [1.165, 1.54) is 6.42 Å². The van der Waals surface area contributed by atoms with E-state index >= 15 is 0 Å². The lowest BCUT2D eigenvalue weighted by Gasteiger charge is -2.35. The molecule has 2 heterocycles. The van der Waals surface area contributed by atoms with E-state index in [1.54, 1.807) is 7.11 Å². The molecule has 2 aliphatic heterocycles. The fourth-order valence-corrected chi connectivity index (χ4v) is 3.30. The molecule has 0 N–H and O–H groups in total. The molecule has 0 radical (unpaired) electrons. The molecule has 0 unspecified atom stereocenters. The van der Waals surface area contributed by atoms with Crippen molar-refractivity contribution in [3.8, 4) is 5.75 Å². The van der Waals surface area contributed by atoms with Crippen molar-refractivity contribution in [2.45, 2.75) is 38.7 Å². The number of hydrogen-bond acceptors (Lipinski definition) is 4. The zero-order valence-corrected chi connectivity index (χ0v) is 14.0. The second kappa shape index (κ2) is 6.22. The Labute approximate surface area is 137 Å². The van der Waals surface area contributed by atoms with E-state index in [2.05, 4.69) is 12.1 Å². The Kier molecular flexibility index (Phi) is 4.28. The van der Waals surface area contributed by atoms with Crippen LogP contribution in [0.25, 0.3) is 0 Å². The molecule has 5 nitrogen and oxygen atoms in total. The number of carbonyl (C=O) groups excluding carboxylic acids is 1. The van der Waals surface area contributed by atoms with Crippen LogP contribution in [0.2, 0.25) is 0 Å². The number of likely N-dealkylation sites (tertiary alicyclic amines) is 1. The van der Waals surface area contributed by atoms with Crippen molar-refractivity contribution in [1.29, 1.82) is 0 Å². The molecule has 1 saturated heterocycles. The van der Waals surface area contributed by atoms with E-state index in [-0.39, 0.29) is 5.91 Å². The Hall–Kier alpha value is -2.04. The summed E-state index contributed by atoms with van der Waals surface area (Å²) in [5, 5.41) is 4.18. The van der Waals surface area contributed by atoms with E-state index < -0.39 is 5.60 Å². The maximum atomic E-state index is 12.9. The Balaban J connectivity index is 1.69. The van der Waals surface area contributed by atoms with Crippen molar-refractivity contribution in [3.63, 3.8) is 0 Å². The minimum absolute atomic E-state index is 0.0521. The first-order valence-electron chi connectivity index (χ1n) is 8.21. The number of ether oxygens (including phenoxy) is 1. The number of rotatable bonds is 3. The van der Waals surface area contributed by atoms with Crippen LogP contribution in [0.1, 0.15) is 38.7 Å². The first-order chi connectivity index (χ1) is 11.0. The maximum absolute atomic E-state index is 12.9. The van der Waals surface area contributed by atoms with E-state index in [1.807, 2.05) is 36.1 Å². The van der Waals surface area contributed by atoms with Crippen molar-refractivity contribution in [1.82, 2.24) is 4.90 Å². The van der Waals surface area contributed by atoms with Gasteiger partial charge < -0.3 is 14.5 Å². The van der Waals surface area contributed by atoms with Gasteiger partial charge in [-0.15, -0.1) is 0 Å². The third-order valence-electron chi connectivity index (χ3n) is 4.68. The predicted molar refractivity (Wildman–Crippen MR) is 88.6 cm³/mol. The minimum Gasteiger partial charge on any atom is -0.497 e. The number of benzene rings is 1. The van der Waals surface area contributed by atoms with Crippen LogP contribution in [0.5, 0.6) is 5.75 Å². The average Bonchev–Trinajstić information content (AvgIpc) is 2.98. The third-order valence-corrected chi connectivity index (χ3v) is 4.68. The molecule has 124 valence electrons. The molecule has 1 fully saturated rings. The summed E-state index contributed by atoms with van der Waals surface area (Å²) in [6, 6.07) is 7.67. The number of carbonyl (C=O) groups is 1. The zero-order valence-electron chi connectivity index (χ0n) is 14.0. The monoisotopic (exact) mass is 316 g/mol. The number of methoxy groups -OCH3 is 1. The molecule has 1 aromatic rings. The molecule has 0 aromatic heterocycles. The number of hydrogen-bond donors (Lipinski definition) is 0. The summed E-state index contributed by atoms with van der Waals surface area (Å²) in [6.07, 6.45) is 2.76. The molecule has 0 aliphatic carbocycles. The Bertz CT molecular complexity index is 611. The fraction of sp³-hybridized carbons (Fsp3) is 0.556. The number of oxime groups is 1. The van der Waals surface area contributed by atoms with Crippen molar-refractivity contribution in [2.24, 2.45) is 11.1 Å². The number of nitrogens with zero attached hydrogens (tertiary/aromatic N) is 2. The molecular formula is C18H24N2O3. The highest BCUT2D eigenvalue weighted by Crippen LogP contribution is 2.30. The summed E-state index contributed by atoms with van der Waals surface area (Å²) in [5.74, 6) is 1.41. The highest BCUT2D eigenvalue weighted by atomic mass is 16.7. The lowest BCUT2D eigenvalue weighted by molar-refractivity contribution is -0.155. The van der Waals surface area contributed by atoms with Crippen molar-refractivity contribution < 1.29 is 14.4 Å². The number of piperidine rings is 1. The SMILES string of the molecule is COc1ccc(C2=NO[C@@](C)(C(=O)N3CCC[C@@H](C)C3)C2)cc1. The smallest absolute Gasteiger partial charge is 0.269 e. The lowest BCUT2D eigenvalue weighted by atomic mass is 9.92. The van der Waals surface area contributed by atoms with Gasteiger partial charge in [-0.2, -0.15) is 0 Å². The normalized spacial score (nSPS) is 27.3. The van der Waals surface area contributed by atoms with Crippen LogP contribution in [0.3, 0.4) is 0 Å². The van der Waals surface area contributed by atoms with Gasteiger partial charge in [0.15, 0.2) is 0 Å². The van der Waals surface area contributed by atoms with Crippen LogP contribution in [0.4, 0.5) is 0 Å². The third kappa shape index (κ3) is 3.19. The van der Waals surface area contributed by atoms with E-state index in [4.69, 9.17) is 9.57 Å². The summed E-state index contributed by atoms with van der Waals surface area (Å²) in [4.78, 5) is 20.4. The van der Waals surface area contributed by atoms with Gasteiger partial charge in [0.2, 0.25) is 5.60 Å². The predicted octanol–water partition coefficient (Wildman–Crippen LogP) is 2.84. The molecule has 2 aliphatic rings. The second-order valence-electron chi connectivity index (χ2n) is 6.76. The molecule has 1 amide bonds. The highest BCUT2D eigenvalue weighted by molar-refractivity contribution is 6.05. The Morgan fingerprint density at radius 1 is 1.39 bits per heavy atom. The van der Waals surface area contributed by atoms with Crippen molar-refractivity contribution in [3.05, 3.63) is 29.8 Å². The van der Waals surface area contributed by atoms with Gasteiger partial charge in [-0.3, -0.25) is 4.79 Å².